The lowest BCUT2D eigenvalue weighted by Gasteiger charge is -2.26. The summed E-state index contributed by atoms with van der Waals surface area (Å²) < 4.78 is 3.90. The summed E-state index contributed by atoms with van der Waals surface area (Å²) >= 11 is 13.9. The van der Waals surface area contributed by atoms with Crippen molar-refractivity contribution in [2.24, 2.45) is 0 Å². The first-order chi connectivity index (χ1) is 17.1. The molecule has 8 N–H and O–H groups in total. The third kappa shape index (κ3) is 9.52. The first-order valence-electron chi connectivity index (χ1n) is 12.4. The Labute approximate surface area is 247 Å². The van der Waals surface area contributed by atoms with Crippen molar-refractivity contribution in [3.63, 3.8) is 0 Å². The number of nitrogens with one attached hydrogen (secondary N) is 2. The smallest absolute Gasteiger partial charge is 0.0541 e. The van der Waals surface area contributed by atoms with Crippen LogP contribution in [0.4, 0.5) is 11.4 Å². The van der Waals surface area contributed by atoms with E-state index in [4.69, 9.17) is 11.5 Å². The van der Waals surface area contributed by atoms with Crippen LogP contribution in [0.15, 0.2) is 42.2 Å². The Bertz CT molecular complexity index is 915. The predicted molar refractivity (Wildman–Crippen MR) is 163 cm³/mol. The number of halogens is 4. The fourth-order valence-corrected chi connectivity index (χ4v) is 7.26. The van der Waals surface area contributed by atoms with Gasteiger partial charge in [-0.2, -0.15) is 0 Å². The largest absolute Gasteiger partial charge is 0.398 e. The highest BCUT2D eigenvalue weighted by atomic mass is 79.9. The Hall–Kier alpha value is -0.200. The second-order valence-electron chi connectivity index (χ2n) is 9.69. The van der Waals surface area contributed by atoms with E-state index in [-0.39, 0.29) is 12.2 Å². The first-order valence-corrected chi connectivity index (χ1v) is 15.6. The van der Waals surface area contributed by atoms with E-state index in [2.05, 4.69) is 74.4 Å². The molecule has 2 saturated carbocycles. The molecule has 6 nitrogen and oxygen atoms in total. The van der Waals surface area contributed by atoms with Crippen LogP contribution in [0.3, 0.4) is 0 Å². The maximum Gasteiger partial charge on any atom is 0.0541 e. The Morgan fingerprint density at radius 3 is 1.28 bits per heavy atom. The summed E-state index contributed by atoms with van der Waals surface area (Å²) in [5.41, 5.74) is 15.9. The van der Waals surface area contributed by atoms with E-state index >= 15 is 0 Å². The predicted octanol–water partition coefficient (Wildman–Crippen LogP) is 6.37. The molecular formula is C26H36Br4N4O2. The van der Waals surface area contributed by atoms with Gasteiger partial charge in [0.15, 0.2) is 0 Å². The number of rotatable bonds is 6. The molecule has 0 bridgehead atoms. The lowest BCUT2D eigenvalue weighted by molar-refractivity contribution is 0.116. The first kappa shape index (κ1) is 30.3. The molecule has 0 atom stereocenters. The van der Waals surface area contributed by atoms with Crippen LogP contribution in [0.1, 0.15) is 62.5 Å². The molecule has 0 amide bonds. The average Bonchev–Trinajstić information content (AvgIpc) is 2.84. The van der Waals surface area contributed by atoms with Crippen molar-refractivity contribution in [2.75, 3.05) is 11.5 Å². The van der Waals surface area contributed by atoms with Crippen molar-refractivity contribution in [2.45, 2.75) is 88.7 Å². The molecular weight excluding hydrogens is 720 g/mol. The van der Waals surface area contributed by atoms with Gasteiger partial charge < -0.3 is 32.3 Å². The second kappa shape index (κ2) is 14.8. The van der Waals surface area contributed by atoms with Gasteiger partial charge in [0.2, 0.25) is 0 Å². The fourth-order valence-electron chi connectivity index (χ4n) is 4.64. The zero-order valence-corrected chi connectivity index (χ0v) is 26.6. The lowest BCUT2D eigenvalue weighted by atomic mass is 9.93. The van der Waals surface area contributed by atoms with Crippen molar-refractivity contribution in [1.29, 1.82) is 0 Å². The number of aliphatic hydroxyl groups excluding tert-OH is 2. The van der Waals surface area contributed by atoms with Gasteiger partial charge >= 0.3 is 0 Å². The number of nitrogens with two attached hydrogens (primary N) is 2. The van der Waals surface area contributed by atoms with Gasteiger partial charge in [0, 0.05) is 43.1 Å². The topological polar surface area (TPSA) is 117 Å². The third-order valence-electron chi connectivity index (χ3n) is 6.92. The molecule has 200 valence electrons. The van der Waals surface area contributed by atoms with E-state index in [0.29, 0.717) is 12.1 Å². The highest BCUT2D eigenvalue weighted by molar-refractivity contribution is 9.11. The van der Waals surface area contributed by atoms with Crippen molar-refractivity contribution in [1.82, 2.24) is 10.6 Å². The zero-order chi connectivity index (χ0) is 26.2. The maximum atomic E-state index is 9.47. The minimum atomic E-state index is -0.104. The van der Waals surface area contributed by atoms with E-state index in [0.717, 1.165) is 105 Å². The summed E-state index contributed by atoms with van der Waals surface area (Å²) in [6, 6.07) is 8.98. The highest BCUT2D eigenvalue weighted by Crippen LogP contribution is 2.30. The molecule has 0 aliphatic heterocycles. The normalized spacial score (nSPS) is 24.2. The van der Waals surface area contributed by atoms with Gasteiger partial charge in [0.25, 0.3) is 0 Å². The van der Waals surface area contributed by atoms with E-state index in [9.17, 15) is 10.2 Å². The molecule has 2 aliphatic carbocycles. The molecule has 36 heavy (non-hydrogen) atoms. The molecule has 4 rings (SSSR count). The summed E-state index contributed by atoms with van der Waals surface area (Å²) in [5, 5.41) is 26.0. The fraction of sp³-hybridized carbons (Fsp3) is 0.538. The number of nitrogen functional groups attached to an aromatic ring is 2. The molecule has 0 spiro atoms. The summed E-state index contributed by atoms with van der Waals surface area (Å²) in [6.07, 6.45) is 7.54. The summed E-state index contributed by atoms with van der Waals surface area (Å²) in [7, 11) is 0. The van der Waals surface area contributed by atoms with Crippen LogP contribution in [0.5, 0.6) is 0 Å². The van der Waals surface area contributed by atoms with Gasteiger partial charge in [-0.15, -0.1) is 0 Å². The molecule has 0 aromatic heterocycles. The quantitative estimate of drug-likeness (QED) is 0.191. The van der Waals surface area contributed by atoms with Crippen molar-refractivity contribution >= 4 is 75.1 Å². The monoisotopic (exact) mass is 752 g/mol. The third-order valence-corrected chi connectivity index (χ3v) is 9.14. The van der Waals surface area contributed by atoms with Gasteiger partial charge in [0.1, 0.15) is 0 Å². The van der Waals surface area contributed by atoms with Gasteiger partial charge in [-0.25, -0.2) is 0 Å². The lowest BCUT2D eigenvalue weighted by Crippen LogP contribution is -2.34. The number of benzene rings is 2. The van der Waals surface area contributed by atoms with Crippen LogP contribution in [0.2, 0.25) is 0 Å². The van der Waals surface area contributed by atoms with Gasteiger partial charge in [-0.3, -0.25) is 0 Å². The van der Waals surface area contributed by atoms with Crippen LogP contribution in [-0.4, -0.2) is 34.5 Å². The second-order valence-corrected chi connectivity index (χ2v) is 13.2. The summed E-state index contributed by atoms with van der Waals surface area (Å²) in [5.74, 6) is 0. The number of hydrogen-bond donors (Lipinski definition) is 6. The van der Waals surface area contributed by atoms with E-state index in [1.54, 1.807) is 0 Å². The molecule has 0 unspecified atom stereocenters. The molecule has 0 radical (unpaired) electrons. The van der Waals surface area contributed by atoms with Gasteiger partial charge in [-0.1, -0.05) is 31.9 Å². The minimum absolute atomic E-state index is 0.104. The minimum Gasteiger partial charge on any atom is -0.398 e. The SMILES string of the molecule is Nc1c(Br)cc(Br)cc1CNC1CCC(O)CC1.Nc1c(Br)cc(Br)cc1CNC1CCC(O)CC1. The van der Waals surface area contributed by atoms with Crippen LogP contribution < -0.4 is 22.1 Å². The highest BCUT2D eigenvalue weighted by Gasteiger charge is 2.20. The summed E-state index contributed by atoms with van der Waals surface area (Å²) in [6.45, 7) is 1.54. The molecule has 2 fully saturated rings. The maximum absolute atomic E-state index is 9.47. The molecule has 0 saturated heterocycles. The van der Waals surface area contributed by atoms with Crippen molar-refractivity contribution < 1.29 is 10.2 Å². The van der Waals surface area contributed by atoms with Crippen LogP contribution >= 0.6 is 63.7 Å². The number of hydrogen-bond acceptors (Lipinski definition) is 6. The van der Waals surface area contributed by atoms with E-state index in [1.807, 2.05) is 24.3 Å². The Balaban J connectivity index is 0.000000201. The van der Waals surface area contributed by atoms with Crippen LogP contribution in [0, 0.1) is 0 Å². The van der Waals surface area contributed by atoms with E-state index in [1.165, 1.54) is 0 Å². The molecule has 0 heterocycles. The average molecular weight is 756 g/mol. The standard InChI is InChI=1S/2C13H18Br2N2O/c2*14-9-5-8(13(16)12(15)6-9)7-17-10-1-3-11(18)4-2-10/h2*5-6,10-11,17-18H,1-4,7,16H2. The Kier molecular flexibility index (Phi) is 12.5. The molecule has 2 aliphatic rings. The zero-order valence-electron chi connectivity index (χ0n) is 20.3. The van der Waals surface area contributed by atoms with Gasteiger partial charge in [0.05, 0.1) is 23.6 Å². The molecule has 2 aromatic carbocycles. The Morgan fingerprint density at radius 1 is 0.611 bits per heavy atom. The summed E-state index contributed by atoms with van der Waals surface area (Å²) in [4.78, 5) is 0. The van der Waals surface area contributed by atoms with Crippen molar-refractivity contribution in [3.8, 4) is 0 Å². The Morgan fingerprint density at radius 2 is 0.944 bits per heavy atom. The molecule has 10 heteroatoms. The van der Waals surface area contributed by atoms with E-state index < -0.39 is 0 Å². The number of anilines is 2. The van der Waals surface area contributed by atoms with Crippen LogP contribution in [0.25, 0.3) is 0 Å². The van der Waals surface area contributed by atoms with Crippen LogP contribution in [-0.2, 0) is 13.1 Å². The van der Waals surface area contributed by atoms with Gasteiger partial charge in [-0.05, 0) is 119 Å². The molecule has 2 aromatic rings. The van der Waals surface area contributed by atoms with Crippen molar-refractivity contribution in [3.05, 3.63) is 53.3 Å². The number of aliphatic hydroxyl groups is 2.